The topological polar surface area (TPSA) is 52.6 Å². The Labute approximate surface area is 159 Å². The Balaban J connectivity index is 2.78. The fourth-order valence-corrected chi connectivity index (χ4v) is 3.99. The highest BCUT2D eigenvalue weighted by Crippen LogP contribution is 2.38. The zero-order valence-electron chi connectivity index (χ0n) is 17.5. The Bertz CT molecular complexity index is 604. The third kappa shape index (κ3) is 5.78. The van der Waals surface area contributed by atoms with Crippen molar-refractivity contribution in [1.82, 2.24) is 0 Å². The van der Waals surface area contributed by atoms with Crippen LogP contribution >= 0.6 is 0 Å². The summed E-state index contributed by atoms with van der Waals surface area (Å²) >= 11 is 0. The number of ether oxygens (including phenoxy) is 1. The molecule has 0 fully saturated rings. The first-order valence-corrected chi connectivity index (χ1v) is 12.3. The Kier molecular flexibility index (Phi) is 7.78. The number of ketones is 1. The molecule has 0 aliphatic heterocycles. The summed E-state index contributed by atoms with van der Waals surface area (Å²) in [4.78, 5) is 25.0. The first-order chi connectivity index (χ1) is 11.9. The van der Waals surface area contributed by atoms with Crippen molar-refractivity contribution in [3.8, 4) is 0 Å². The molecular weight excluding hydrogens is 344 g/mol. The average molecular weight is 379 g/mol. The van der Waals surface area contributed by atoms with E-state index in [4.69, 9.17) is 9.16 Å². The van der Waals surface area contributed by atoms with E-state index in [-0.39, 0.29) is 22.8 Å². The van der Waals surface area contributed by atoms with Crippen molar-refractivity contribution < 1.29 is 18.8 Å². The van der Waals surface area contributed by atoms with Crippen molar-refractivity contribution in [2.45, 2.75) is 78.3 Å². The summed E-state index contributed by atoms with van der Waals surface area (Å²) in [5, 5.41) is 0.0780. The van der Waals surface area contributed by atoms with Crippen molar-refractivity contribution >= 4 is 20.1 Å². The lowest BCUT2D eigenvalue weighted by Gasteiger charge is -2.40. The lowest BCUT2D eigenvalue weighted by Crippen LogP contribution is -2.47. The summed E-state index contributed by atoms with van der Waals surface area (Å²) < 4.78 is 11.8. The van der Waals surface area contributed by atoms with Gasteiger partial charge in [-0.15, -0.1) is 0 Å². The van der Waals surface area contributed by atoms with Gasteiger partial charge in [0.1, 0.15) is 0 Å². The van der Waals surface area contributed by atoms with E-state index < -0.39 is 20.4 Å². The van der Waals surface area contributed by atoms with E-state index in [1.54, 1.807) is 31.2 Å². The maximum atomic E-state index is 12.8. The lowest BCUT2D eigenvalue weighted by atomic mass is 9.95. The highest BCUT2D eigenvalue weighted by Gasteiger charge is 2.41. The molecule has 0 heterocycles. The van der Waals surface area contributed by atoms with Crippen LogP contribution in [0.15, 0.2) is 30.3 Å². The normalized spacial score (nSPS) is 15.8. The van der Waals surface area contributed by atoms with Gasteiger partial charge in [-0.3, -0.25) is 4.79 Å². The van der Waals surface area contributed by atoms with Crippen LogP contribution in [0.1, 0.15) is 58.3 Å². The van der Waals surface area contributed by atoms with Gasteiger partial charge >= 0.3 is 5.97 Å². The van der Waals surface area contributed by atoms with Crippen molar-refractivity contribution in [1.29, 1.82) is 0 Å². The van der Waals surface area contributed by atoms with Crippen LogP contribution in [-0.2, 0) is 14.0 Å². The Hall–Kier alpha value is -1.46. The molecule has 0 N–H and O–H groups in total. The highest BCUT2D eigenvalue weighted by molar-refractivity contribution is 6.74. The van der Waals surface area contributed by atoms with Gasteiger partial charge in [-0.1, -0.05) is 52.8 Å². The van der Waals surface area contributed by atoms with Crippen LogP contribution in [0.5, 0.6) is 0 Å². The molecule has 0 unspecified atom stereocenters. The van der Waals surface area contributed by atoms with Crippen molar-refractivity contribution in [3.05, 3.63) is 35.9 Å². The zero-order chi connectivity index (χ0) is 20.1. The summed E-state index contributed by atoms with van der Waals surface area (Å²) in [6.07, 6.45) is -0.213. The second kappa shape index (κ2) is 8.96. The minimum atomic E-state index is -1.98. The molecule has 146 valence electrons. The van der Waals surface area contributed by atoms with Crippen LogP contribution in [0.25, 0.3) is 0 Å². The van der Waals surface area contributed by atoms with Crippen LogP contribution in [0, 0.1) is 5.92 Å². The minimum Gasteiger partial charge on any atom is -0.451 e. The molecule has 1 rings (SSSR count). The summed E-state index contributed by atoms with van der Waals surface area (Å²) in [6.45, 7) is 16.5. The van der Waals surface area contributed by atoms with E-state index in [1.165, 1.54) is 0 Å². The number of esters is 1. The van der Waals surface area contributed by atoms with Gasteiger partial charge in [-0.25, -0.2) is 4.79 Å². The van der Waals surface area contributed by atoms with Crippen molar-refractivity contribution in [3.63, 3.8) is 0 Å². The maximum Gasteiger partial charge on any atom is 0.338 e. The molecule has 0 bridgehead atoms. The third-order valence-corrected chi connectivity index (χ3v) is 9.86. The van der Waals surface area contributed by atoms with Crippen LogP contribution < -0.4 is 0 Å². The highest BCUT2D eigenvalue weighted by atomic mass is 28.4. The average Bonchev–Trinajstić information content (AvgIpc) is 2.58. The third-order valence-electron chi connectivity index (χ3n) is 5.35. The number of benzene rings is 1. The molecule has 26 heavy (non-hydrogen) atoms. The molecule has 3 atom stereocenters. The van der Waals surface area contributed by atoms with Gasteiger partial charge in [0.2, 0.25) is 0 Å². The molecule has 5 heteroatoms. The van der Waals surface area contributed by atoms with Gasteiger partial charge < -0.3 is 9.16 Å². The smallest absolute Gasteiger partial charge is 0.338 e. The number of rotatable bonds is 8. The predicted octanol–water partition coefficient (Wildman–Crippen LogP) is 5.24. The standard InChI is InChI=1S/C21H34O4Si/c1-9-18(25-26(7,8)21(4,5)6)15(2)19(22)16(3)24-20(23)17-13-11-10-12-14-17/h10-16,18H,9H2,1-8H3/t15-,16+,18-/m1/s1. The second-order valence-corrected chi connectivity index (χ2v) is 13.2. The van der Waals surface area contributed by atoms with Crippen LogP contribution in [-0.4, -0.2) is 32.3 Å². The molecule has 1 aromatic carbocycles. The Morgan fingerprint density at radius 3 is 2.08 bits per heavy atom. The van der Waals surface area contributed by atoms with E-state index in [1.807, 2.05) is 19.9 Å². The van der Waals surface area contributed by atoms with E-state index in [9.17, 15) is 9.59 Å². The zero-order valence-corrected chi connectivity index (χ0v) is 18.5. The summed E-state index contributed by atoms with van der Waals surface area (Å²) in [5.41, 5.74) is 0.448. The molecule has 0 amide bonds. The van der Waals surface area contributed by atoms with Gasteiger partial charge in [-0.2, -0.15) is 0 Å². The molecule has 0 saturated heterocycles. The Morgan fingerprint density at radius 2 is 1.62 bits per heavy atom. The predicted molar refractivity (Wildman–Crippen MR) is 108 cm³/mol. The van der Waals surface area contributed by atoms with Gasteiger partial charge in [0.15, 0.2) is 20.2 Å². The van der Waals surface area contributed by atoms with Gasteiger partial charge in [0.25, 0.3) is 0 Å². The van der Waals surface area contributed by atoms with E-state index in [0.29, 0.717) is 5.56 Å². The molecular formula is C21H34O4Si. The SMILES string of the molecule is CC[C@@H](O[Si](C)(C)C(C)(C)C)[C@@H](C)C(=O)[C@H](C)OC(=O)c1ccccc1. The van der Waals surface area contributed by atoms with Crippen LogP contribution in [0.3, 0.4) is 0 Å². The molecule has 0 spiro atoms. The largest absolute Gasteiger partial charge is 0.451 e. The first kappa shape index (κ1) is 22.6. The fraction of sp³-hybridized carbons (Fsp3) is 0.619. The molecule has 1 aromatic rings. The molecule has 0 radical (unpaired) electrons. The lowest BCUT2D eigenvalue weighted by molar-refractivity contribution is -0.133. The Morgan fingerprint density at radius 1 is 1.08 bits per heavy atom. The fourth-order valence-electron chi connectivity index (χ4n) is 2.51. The van der Waals surface area contributed by atoms with Crippen LogP contribution in [0.4, 0.5) is 0 Å². The number of hydrogen-bond donors (Lipinski definition) is 0. The van der Waals surface area contributed by atoms with E-state index >= 15 is 0 Å². The van der Waals surface area contributed by atoms with Crippen molar-refractivity contribution in [2.24, 2.45) is 5.92 Å². The maximum absolute atomic E-state index is 12.8. The van der Waals surface area contributed by atoms with Crippen molar-refractivity contribution in [2.75, 3.05) is 0 Å². The number of Topliss-reactive ketones (excluding diaryl/α,β-unsaturated/α-hetero) is 1. The van der Waals surface area contributed by atoms with Gasteiger partial charge in [0, 0.05) is 5.92 Å². The molecule has 0 aromatic heterocycles. The number of hydrogen-bond acceptors (Lipinski definition) is 4. The van der Waals surface area contributed by atoms with Crippen LogP contribution in [0.2, 0.25) is 18.1 Å². The quantitative estimate of drug-likeness (QED) is 0.459. The molecule has 0 aliphatic carbocycles. The summed E-state index contributed by atoms with van der Waals surface area (Å²) in [5.74, 6) is -0.899. The monoisotopic (exact) mass is 378 g/mol. The molecule has 4 nitrogen and oxygen atoms in total. The van der Waals surface area contributed by atoms with E-state index in [0.717, 1.165) is 6.42 Å². The number of carbonyl (C=O) groups is 2. The molecule has 0 saturated carbocycles. The minimum absolute atomic E-state index is 0.0780. The molecule has 0 aliphatic rings. The second-order valence-electron chi connectivity index (χ2n) is 8.43. The van der Waals surface area contributed by atoms with Gasteiger partial charge in [0.05, 0.1) is 11.7 Å². The van der Waals surface area contributed by atoms with Gasteiger partial charge in [-0.05, 0) is 43.6 Å². The first-order valence-electron chi connectivity index (χ1n) is 9.38. The summed E-state index contributed by atoms with van der Waals surface area (Å²) in [6, 6.07) is 8.73. The summed E-state index contributed by atoms with van der Waals surface area (Å²) in [7, 11) is -1.98. The van der Waals surface area contributed by atoms with E-state index in [2.05, 4.69) is 33.9 Å². The number of carbonyl (C=O) groups excluding carboxylic acids is 2.